The van der Waals surface area contributed by atoms with Gasteiger partial charge in [0.05, 0.1) is 5.41 Å². The molecule has 3 atom stereocenters. The van der Waals surface area contributed by atoms with Crippen molar-refractivity contribution in [1.82, 2.24) is 4.90 Å². The topological polar surface area (TPSA) is 46.3 Å². The SMILES string of the molecule is C=CC=C1C2CC3(C(=O)N4CC[C@H](N)C(C)(C)C4)CC1CC(c1ccccc1)(C2)C3. The fraction of sp³-hybridized carbons (Fsp3) is 0.593. The first kappa shape index (κ1) is 20.1. The number of amides is 1. The van der Waals surface area contributed by atoms with E-state index in [0.29, 0.717) is 17.7 Å². The van der Waals surface area contributed by atoms with Gasteiger partial charge in [0.15, 0.2) is 0 Å². The number of likely N-dealkylation sites (tertiary alicyclic amines) is 1. The normalized spacial score (nSPS) is 39.1. The van der Waals surface area contributed by atoms with Crippen molar-refractivity contribution in [1.29, 1.82) is 0 Å². The number of nitrogens with zero attached hydrogens (tertiary/aromatic N) is 1. The van der Waals surface area contributed by atoms with Gasteiger partial charge in [-0.2, -0.15) is 0 Å². The first-order valence-electron chi connectivity index (χ1n) is 11.7. The Morgan fingerprint density at radius 3 is 2.40 bits per heavy atom. The minimum Gasteiger partial charge on any atom is -0.342 e. The second-order valence-corrected chi connectivity index (χ2v) is 11.3. The summed E-state index contributed by atoms with van der Waals surface area (Å²) in [6.45, 7) is 10.0. The monoisotopic (exact) mass is 404 g/mol. The zero-order valence-corrected chi connectivity index (χ0v) is 18.6. The summed E-state index contributed by atoms with van der Waals surface area (Å²) in [6.07, 6.45) is 10.5. The average Bonchev–Trinajstić information content (AvgIpc) is 2.72. The lowest BCUT2D eigenvalue weighted by Crippen LogP contribution is -2.63. The molecule has 3 heteroatoms. The van der Waals surface area contributed by atoms with E-state index in [4.69, 9.17) is 5.73 Å². The van der Waals surface area contributed by atoms with Gasteiger partial charge >= 0.3 is 0 Å². The molecule has 1 aromatic carbocycles. The fourth-order valence-corrected chi connectivity index (χ4v) is 7.61. The van der Waals surface area contributed by atoms with Gasteiger partial charge < -0.3 is 10.6 Å². The van der Waals surface area contributed by atoms with Gasteiger partial charge in [0.1, 0.15) is 0 Å². The van der Waals surface area contributed by atoms with Crippen LogP contribution in [0.15, 0.2) is 54.6 Å². The lowest BCUT2D eigenvalue weighted by Gasteiger charge is -2.63. The zero-order valence-electron chi connectivity index (χ0n) is 18.6. The standard InChI is InChI=1S/C27H36N2O/c1-4-8-22-19-13-26(21-9-6-5-7-10-21)14-20(22)16-27(15-19,17-26)24(30)29-12-11-23(28)25(2,3)18-29/h4-10,19-20,23H,1,11-18,28H2,2-3H3/t19?,20?,23-,26?,27?/m0/s1. The van der Waals surface area contributed by atoms with E-state index >= 15 is 0 Å². The number of benzene rings is 1. The number of carbonyl (C=O) groups excluding carboxylic acids is 1. The highest BCUT2D eigenvalue weighted by Gasteiger charge is 2.63. The Morgan fingerprint density at radius 1 is 1.13 bits per heavy atom. The van der Waals surface area contributed by atoms with Crippen molar-refractivity contribution in [2.75, 3.05) is 13.1 Å². The van der Waals surface area contributed by atoms with E-state index in [9.17, 15) is 4.79 Å². The van der Waals surface area contributed by atoms with Crippen molar-refractivity contribution in [3.05, 3.63) is 60.2 Å². The Hall–Kier alpha value is -1.87. The van der Waals surface area contributed by atoms with E-state index in [1.165, 1.54) is 18.4 Å². The molecule has 160 valence electrons. The minimum absolute atomic E-state index is 0.0127. The minimum atomic E-state index is -0.211. The molecule has 5 fully saturated rings. The third-order valence-electron chi connectivity index (χ3n) is 8.92. The summed E-state index contributed by atoms with van der Waals surface area (Å²) < 4.78 is 0. The molecule has 1 saturated heterocycles. The summed E-state index contributed by atoms with van der Waals surface area (Å²) in [5.41, 5.74) is 9.29. The predicted molar refractivity (Wildman–Crippen MR) is 122 cm³/mol. The summed E-state index contributed by atoms with van der Waals surface area (Å²) in [7, 11) is 0. The molecule has 1 amide bonds. The maximum Gasteiger partial charge on any atom is 0.228 e. The number of hydrogen-bond acceptors (Lipinski definition) is 2. The van der Waals surface area contributed by atoms with Gasteiger partial charge in [-0.15, -0.1) is 0 Å². The Kier molecular flexibility index (Phi) is 4.56. The molecule has 30 heavy (non-hydrogen) atoms. The van der Waals surface area contributed by atoms with Crippen LogP contribution in [0.3, 0.4) is 0 Å². The molecule has 3 nitrogen and oxygen atoms in total. The third-order valence-corrected chi connectivity index (χ3v) is 8.92. The molecule has 4 saturated carbocycles. The molecule has 1 heterocycles. The van der Waals surface area contributed by atoms with Crippen LogP contribution in [0.5, 0.6) is 0 Å². The van der Waals surface area contributed by atoms with E-state index in [2.05, 4.69) is 61.7 Å². The molecule has 4 bridgehead atoms. The molecule has 0 aromatic heterocycles. The summed E-state index contributed by atoms with van der Waals surface area (Å²) >= 11 is 0. The van der Waals surface area contributed by atoms with Crippen molar-refractivity contribution in [3.8, 4) is 0 Å². The summed E-state index contributed by atoms with van der Waals surface area (Å²) in [6, 6.07) is 11.2. The van der Waals surface area contributed by atoms with Crippen molar-refractivity contribution in [2.24, 2.45) is 28.4 Å². The Bertz CT molecular complexity index is 865. The fourth-order valence-electron chi connectivity index (χ4n) is 7.61. The molecular weight excluding hydrogens is 368 g/mol. The first-order chi connectivity index (χ1) is 14.3. The van der Waals surface area contributed by atoms with E-state index < -0.39 is 0 Å². The number of nitrogens with two attached hydrogens (primary N) is 1. The van der Waals surface area contributed by atoms with Gasteiger partial charge in [0.2, 0.25) is 5.91 Å². The molecule has 2 unspecified atom stereocenters. The van der Waals surface area contributed by atoms with Crippen LogP contribution in [0.4, 0.5) is 0 Å². The molecule has 2 N–H and O–H groups in total. The van der Waals surface area contributed by atoms with Crippen LogP contribution in [0.2, 0.25) is 0 Å². The van der Waals surface area contributed by atoms with Crippen molar-refractivity contribution >= 4 is 5.91 Å². The van der Waals surface area contributed by atoms with Gasteiger partial charge in [0, 0.05) is 19.1 Å². The van der Waals surface area contributed by atoms with Gasteiger partial charge in [-0.1, -0.05) is 68.5 Å². The largest absolute Gasteiger partial charge is 0.342 e. The van der Waals surface area contributed by atoms with Crippen LogP contribution in [-0.2, 0) is 10.2 Å². The number of piperidine rings is 1. The molecule has 1 aliphatic heterocycles. The molecular formula is C27H36N2O. The van der Waals surface area contributed by atoms with Crippen LogP contribution < -0.4 is 5.73 Å². The van der Waals surface area contributed by atoms with Gasteiger partial charge in [0.25, 0.3) is 0 Å². The van der Waals surface area contributed by atoms with Crippen LogP contribution in [0, 0.1) is 22.7 Å². The molecule has 0 radical (unpaired) electrons. The molecule has 6 rings (SSSR count). The van der Waals surface area contributed by atoms with Crippen LogP contribution >= 0.6 is 0 Å². The number of carbonyl (C=O) groups is 1. The zero-order chi connectivity index (χ0) is 21.1. The number of allylic oxidation sites excluding steroid dienone is 3. The van der Waals surface area contributed by atoms with Crippen LogP contribution in [-0.4, -0.2) is 29.9 Å². The Labute approximate surface area is 181 Å². The van der Waals surface area contributed by atoms with Crippen molar-refractivity contribution in [3.63, 3.8) is 0 Å². The highest BCUT2D eigenvalue weighted by Crippen LogP contribution is 2.67. The number of rotatable bonds is 3. The van der Waals surface area contributed by atoms with Gasteiger partial charge in [-0.3, -0.25) is 4.79 Å². The van der Waals surface area contributed by atoms with E-state index in [1.807, 2.05) is 6.08 Å². The van der Waals surface area contributed by atoms with Crippen molar-refractivity contribution < 1.29 is 4.79 Å². The van der Waals surface area contributed by atoms with Gasteiger partial charge in [-0.05, 0) is 66.8 Å². The quantitative estimate of drug-likeness (QED) is 0.784. The smallest absolute Gasteiger partial charge is 0.228 e. The molecule has 5 aliphatic rings. The third kappa shape index (κ3) is 2.92. The van der Waals surface area contributed by atoms with Crippen LogP contribution in [0.1, 0.15) is 57.9 Å². The predicted octanol–water partition coefficient (Wildman–Crippen LogP) is 4.83. The summed E-state index contributed by atoms with van der Waals surface area (Å²) in [5, 5.41) is 0. The summed E-state index contributed by atoms with van der Waals surface area (Å²) in [5.74, 6) is 1.43. The summed E-state index contributed by atoms with van der Waals surface area (Å²) in [4.78, 5) is 16.3. The Morgan fingerprint density at radius 2 is 1.80 bits per heavy atom. The second-order valence-electron chi connectivity index (χ2n) is 11.3. The molecule has 4 aliphatic carbocycles. The first-order valence-corrected chi connectivity index (χ1v) is 11.7. The second kappa shape index (κ2) is 6.82. The average molecular weight is 405 g/mol. The Balaban J connectivity index is 1.52. The van der Waals surface area contributed by atoms with Crippen molar-refractivity contribution in [2.45, 2.75) is 63.8 Å². The number of hydrogen-bond donors (Lipinski definition) is 1. The molecule has 1 aromatic rings. The van der Waals surface area contributed by atoms with E-state index in [0.717, 1.165) is 38.8 Å². The lowest BCUT2D eigenvalue weighted by atomic mass is 9.41. The highest BCUT2D eigenvalue weighted by atomic mass is 16.2. The highest BCUT2D eigenvalue weighted by molar-refractivity contribution is 5.84. The van der Waals surface area contributed by atoms with Gasteiger partial charge in [-0.25, -0.2) is 0 Å². The molecule has 0 spiro atoms. The van der Waals surface area contributed by atoms with E-state index in [1.54, 1.807) is 5.57 Å². The maximum atomic E-state index is 14.1. The maximum absolute atomic E-state index is 14.1. The van der Waals surface area contributed by atoms with Crippen LogP contribution in [0.25, 0.3) is 0 Å². The van der Waals surface area contributed by atoms with E-state index in [-0.39, 0.29) is 22.3 Å². The lowest BCUT2D eigenvalue weighted by molar-refractivity contribution is -0.159.